The van der Waals surface area contributed by atoms with Crippen LogP contribution >= 0.6 is 0 Å². The summed E-state index contributed by atoms with van der Waals surface area (Å²) in [4.78, 5) is 36.4. The zero-order chi connectivity index (χ0) is 21.9. The predicted molar refractivity (Wildman–Crippen MR) is 110 cm³/mol. The van der Waals surface area contributed by atoms with Crippen molar-refractivity contribution in [3.05, 3.63) is 53.6 Å². The zero-order valence-corrected chi connectivity index (χ0v) is 17.2. The molecule has 0 bridgehead atoms. The molecule has 2 aromatic rings. The smallest absolute Gasteiger partial charge is 0.346 e. The molecule has 0 saturated carbocycles. The third-order valence-corrected chi connectivity index (χ3v) is 4.10. The number of esters is 2. The Morgan fingerprint density at radius 2 is 1.50 bits per heavy atom. The average molecular weight is 415 g/mol. The maximum absolute atomic E-state index is 12.4. The molecule has 8 nitrogen and oxygen atoms in total. The standard InChI is InChI=1S/C22H25NO7/c1-4-5-13-29-21(25)15-9-11-16(12-10-15)23-19(24)14-30-22(26)20-17(27-2)7-6-8-18(20)28-3/h6-12H,4-5,13-14H2,1-3H3,(H,23,24). The largest absolute Gasteiger partial charge is 0.496 e. The van der Waals surface area contributed by atoms with E-state index in [4.69, 9.17) is 18.9 Å². The van der Waals surface area contributed by atoms with Crippen LogP contribution in [0.4, 0.5) is 5.69 Å². The highest BCUT2D eigenvalue weighted by Crippen LogP contribution is 2.28. The highest BCUT2D eigenvalue weighted by atomic mass is 16.5. The van der Waals surface area contributed by atoms with Gasteiger partial charge in [0.15, 0.2) is 6.61 Å². The number of ether oxygens (including phenoxy) is 4. The lowest BCUT2D eigenvalue weighted by molar-refractivity contribution is -0.119. The quantitative estimate of drug-likeness (QED) is 0.468. The SMILES string of the molecule is CCCCOC(=O)c1ccc(NC(=O)COC(=O)c2c(OC)cccc2OC)cc1. The Bertz CT molecular complexity index is 855. The highest BCUT2D eigenvalue weighted by molar-refractivity contribution is 5.99. The van der Waals surface area contributed by atoms with Crippen molar-refractivity contribution in [1.29, 1.82) is 0 Å². The lowest BCUT2D eigenvalue weighted by Gasteiger charge is -2.12. The Morgan fingerprint density at radius 1 is 0.867 bits per heavy atom. The summed E-state index contributed by atoms with van der Waals surface area (Å²) in [6, 6.07) is 11.1. The molecule has 0 radical (unpaired) electrons. The van der Waals surface area contributed by atoms with Crippen molar-refractivity contribution in [2.75, 3.05) is 32.8 Å². The molecule has 0 saturated heterocycles. The first-order chi connectivity index (χ1) is 14.5. The van der Waals surface area contributed by atoms with Crippen LogP contribution in [-0.2, 0) is 14.3 Å². The van der Waals surface area contributed by atoms with Crippen LogP contribution in [0.25, 0.3) is 0 Å². The van der Waals surface area contributed by atoms with Crippen LogP contribution in [0, 0.1) is 0 Å². The van der Waals surface area contributed by atoms with E-state index in [9.17, 15) is 14.4 Å². The summed E-state index contributed by atoms with van der Waals surface area (Å²) >= 11 is 0. The summed E-state index contributed by atoms with van der Waals surface area (Å²) in [5.41, 5.74) is 0.941. The molecule has 0 aliphatic heterocycles. The number of rotatable bonds is 10. The van der Waals surface area contributed by atoms with Gasteiger partial charge in [-0.25, -0.2) is 9.59 Å². The topological polar surface area (TPSA) is 100 Å². The number of hydrogen-bond donors (Lipinski definition) is 1. The second-order valence-corrected chi connectivity index (χ2v) is 6.23. The Hall–Kier alpha value is -3.55. The van der Waals surface area contributed by atoms with E-state index in [0.29, 0.717) is 17.9 Å². The molecule has 8 heteroatoms. The molecule has 1 amide bonds. The number of hydrogen-bond acceptors (Lipinski definition) is 7. The van der Waals surface area contributed by atoms with Crippen LogP contribution in [0.5, 0.6) is 11.5 Å². The summed E-state index contributed by atoms with van der Waals surface area (Å²) in [6.45, 7) is 1.88. The van der Waals surface area contributed by atoms with E-state index in [2.05, 4.69) is 5.32 Å². The zero-order valence-electron chi connectivity index (χ0n) is 17.2. The van der Waals surface area contributed by atoms with Gasteiger partial charge in [0.1, 0.15) is 17.1 Å². The van der Waals surface area contributed by atoms with Crippen molar-refractivity contribution in [3.63, 3.8) is 0 Å². The number of carbonyl (C=O) groups is 3. The van der Waals surface area contributed by atoms with Gasteiger partial charge in [-0.3, -0.25) is 4.79 Å². The molecule has 0 fully saturated rings. The second kappa shape index (κ2) is 11.5. The summed E-state index contributed by atoms with van der Waals surface area (Å²) in [6.07, 6.45) is 1.74. The molecule has 0 spiro atoms. The predicted octanol–water partition coefficient (Wildman–Crippen LogP) is 3.46. The van der Waals surface area contributed by atoms with Crippen LogP contribution in [0.15, 0.2) is 42.5 Å². The van der Waals surface area contributed by atoms with Gasteiger partial charge < -0.3 is 24.3 Å². The Morgan fingerprint density at radius 3 is 2.07 bits per heavy atom. The average Bonchev–Trinajstić information content (AvgIpc) is 2.77. The molecular formula is C22H25NO7. The molecule has 2 aromatic carbocycles. The van der Waals surface area contributed by atoms with Crippen molar-refractivity contribution in [2.45, 2.75) is 19.8 Å². The summed E-state index contributed by atoms with van der Waals surface area (Å²) in [5.74, 6) is -1.14. The molecule has 0 atom stereocenters. The van der Waals surface area contributed by atoms with Crippen molar-refractivity contribution in [3.8, 4) is 11.5 Å². The number of amides is 1. The minimum atomic E-state index is -0.746. The lowest BCUT2D eigenvalue weighted by Crippen LogP contribution is -2.21. The van der Waals surface area contributed by atoms with Gasteiger partial charge in [-0.15, -0.1) is 0 Å². The van der Waals surface area contributed by atoms with Gasteiger partial charge in [0.05, 0.1) is 26.4 Å². The second-order valence-electron chi connectivity index (χ2n) is 6.23. The number of anilines is 1. The molecule has 30 heavy (non-hydrogen) atoms. The monoisotopic (exact) mass is 415 g/mol. The van der Waals surface area contributed by atoms with Crippen molar-refractivity contribution in [2.24, 2.45) is 0 Å². The molecule has 0 aliphatic rings. The fraction of sp³-hybridized carbons (Fsp3) is 0.318. The molecule has 0 aromatic heterocycles. The molecule has 1 N–H and O–H groups in total. The highest BCUT2D eigenvalue weighted by Gasteiger charge is 2.20. The van der Waals surface area contributed by atoms with E-state index in [0.717, 1.165) is 12.8 Å². The number of carbonyl (C=O) groups excluding carboxylic acids is 3. The maximum Gasteiger partial charge on any atom is 0.346 e. The van der Waals surface area contributed by atoms with Crippen LogP contribution in [0.2, 0.25) is 0 Å². The van der Waals surface area contributed by atoms with Crippen molar-refractivity contribution < 1.29 is 33.3 Å². The number of methoxy groups -OCH3 is 2. The minimum Gasteiger partial charge on any atom is -0.496 e. The first-order valence-corrected chi connectivity index (χ1v) is 9.45. The Kier molecular flexibility index (Phi) is 8.68. The van der Waals surface area contributed by atoms with Gasteiger partial charge in [0.25, 0.3) is 5.91 Å². The molecule has 0 unspecified atom stereocenters. The van der Waals surface area contributed by atoms with E-state index in [-0.39, 0.29) is 17.1 Å². The van der Waals surface area contributed by atoms with Gasteiger partial charge in [-0.05, 0) is 42.8 Å². The first-order valence-electron chi connectivity index (χ1n) is 9.45. The van der Waals surface area contributed by atoms with Crippen LogP contribution in [0.3, 0.4) is 0 Å². The number of nitrogens with one attached hydrogen (secondary N) is 1. The molecule has 0 aliphatic carbocycles. The van der Waals surface area contributed by atoms with Gasteiger partial charge in [-0.2, -0.15) is 0 Å². The van der Waals surface area contributed by atoms with Gasteiger partial charge in [0, 0.05) is 5.69 Å². The van der Waals surface area contributed by atoms with Crippen LogP contribution < -0.4 is 14.8 Å². The van der Waals surface area contributed by atoms with Crippen LogP contribution in [0.1, 0.15) is 40.5 Å². The van der Waals surface area contributed by atoms with E-state index >= 15 is 0 Å². The Balaban J connectivity index is 1.91. The first kappa shape index (κ1) is 22.7. The van der Waals surface area contributed by atoms with Crippen molar-refractivity contribution >= 4 is 23.5 Å². The van der Waals surface area contributed by atoms with Gasteiger partial charge in [0.2, 0.25) is 0 Å². The lowest BCUT2D eigenvalue weighted by atomic mass is 10.2. The fourth-order valence-corrected chi connectivity index (χ4v) is 2.53. The van der Waals surface area contributed by atoms with Crippen LogP contribution in [-0.4, -0.2) is 45.3 Å². The van der Waals surface area contributed by atoms with Gasteiger partial charge >= 0.3 is 11.9 Å². The maximum atomic E-state index is 12.4. The van der Waals surface area contributed by atoms with Gasteiger partial charge in [-0.1, -0.05) is 19.4 Å². The van der Waals surface area contributed by atoms with E-state index in [1.165, 1.54) is 14.2 Å². The Labute approximate surface area is 175 Å². The summed E-state index contributed by atoms with van der Waals surface area (Å²) < 4.78 is 20.5. The molecule has 0 heterocycles. The van der Waals surface area contributed by atoms with E-state index in [1.807, 2.05) is 6.92 Å². The molecular weight excluding hydrogens is 390 g/mol. The molecule has 160 valence electrons. The fourth-order valence-electron chi connectivity index (χ4n) is 2.53. The number of unbranched alkanes of at least 4 members (excludes halogenated alkanes) is 1. The number of benzene rings is 2. The minimum absolute atomic E-state index is 0.0984. The van der Waals surface area contributed by atoms with E-state index in [1.54, 1.807) is 42.5 Å². The third-order valence-electron chi connectivity index (χ3n) is 4.10. The summed E-state index contributed by atoms with van der Waals surface area (Å²) in [7, 11) is 2.84. The molecule has 2 rings (SSSR count). The van der Waals surface area contributed by atoms with E-state index < -0.39 is 24.5 Å². The third kappa shape index (κ3) is 6.23. The van der Waals surface area contributed by atoms with Crippen molar-refractivity contribution in [1.82, 2.24) is 0 Å². The summed E-state index contributed by atoms with van der Waals surface area (Å²) in [5, 5.41) is 2.59. The normalized spacial score (nSPS) is 10.1.